The van der Waals surface area contributed by atoms with Crippen molar-refractivity contribution in [2.24, 2.45) is 0 Å². The molecule has 2 N–H and O–H groups in total. The standard InChI is InChI=1S/C14H20N2O6S2/c1-5-10(13(17)16-14(18)15-2)9-6-7-11(23(3,19)20)12(8-9)24(4,21)22/h6-8,10H,5H2,1-4H3,(H2,15,16,17,18). The van der Waals surface area contributed by atoms with Gasteiger partial charge in [-0.1, -0.05) is 13.0 Å². The second-order valence-electron chi connectivity index (χ2n) is 5.28. The van der Waals surface area contributed by atoms with E-state index in [4.69, 9.17) is 0 Å². The van der Waals surface area contributed by atoms with E-state index in [0.29, 0.717) is 12.0 Å². The minimum Gasteiger partial charge on any atom is -0.341 e. The molecule has 134 valence electrons. The second kappa shape index (κ2) is 7.31. The van der Waals surface area contributed by atoms with Crippen LogP contribution in [0.15, 0.2) is 28.0 Å². The molecule has 10 heteroatoms. The first-order valence-corrected chi connectivity index (χ1v) is 10.8. The van der Waals surface area contributed by atoms with E-state index in [2.05, 4.69) is 10.6 Å². The highest BCUT2D eigenvalue weighted by Crippen LogP contribution is 2.28. The predicted molar refractivity (Wildman–Crippen MR) is 88.3 cm³/mol. The van der Waals surface area contributed by atoms with Gasteiger partial charge in [-0.25, -0.2) is 21.6 Å². The van der Waals surface area contributed by atoms with Crippen molar-refractivity contribution in [3.63, 3.8) is 0 Å². The summed E-state index contributed by atoms with van der Waals surface area (Å²) in [6.07, 6.45) is 2.10. The van der Waals surface area contributed by atoms with E-state index < -0.39 is 37.5 Å². The molecule has 1 atom stereocenters. The van der Waals surface area contributed by atoms with Crippen molar-refractivity contribution in [1.29, 1.82) is 0 Å². The summed E-state index contributed by atoms with van der Waals surface area (Å²) in [6, 6.07) is 3.03. The number of urea groups is 1. The molecular formula is C14H20N2O6S2. The van der Waals surface area contributed by atoms with Crippen molar-refractivity contribution in [2.75, 3.05) is 19.6 Å². The largest absolute Gasteiger partial charge is 0.341 e. The van der Waals surface area contributed by atoms with Crippen LogP contribution in [-0.2, 0) is 24.5 Å². The van der Waals surface area contributed by atoms with Gasteiger partial charge in [0.2, 0.25) is 5.91 Å². The van der Waals surface area contributed by atoms with Crippen LogP contribution in [-0.4, -0.2) is 48.3 Å². The molecule has 0 bridgehead atoms. The maximum Gasteiger partial charge on any atom is 0.321 e. The Morgan fingerprint density at radius 2 is 1.58 bits per heavy atom. The van der Waals surface area contributed by atoms with Gasteiger partial charge in [0.1, 0.15) is 0 Å². The summed E-state index contributed by atoms with van der Waals surface area (Å²) in [4.78, 5) is 22.7. The van der Waals surface area contributed by atoms with E-state index in [1.165, 1.54) is 19.2 Å². The van der Waals surface area contributed by atoms with E-state index in [1.54, 1.807) is 6.92 Å². The monoisotopic (exact) mass is 376 g/mol. The Balaban J connectivity index is 3.45. The van der Waals surface area contributed by atoms with Crippen LogP contribution in [0.3, 0.4) is 0 Å². The van der Waals surface area contributed by atoms with Crippen LogP contribution in [0.25, 0.3) is 0 Å². The minimum atomic E-state index is -3.82. The topological polar surface area (TPSA) is 126 Å². The van der Waals surface area contributed by atoms with E-state index in [0.717, 1.165) is 18.6 Å². The third-order valence-electron chi connectivity index (χ3n) is 3.36. The van der Waals surface area contributed by atoms with Crippen LogP contribution in [0.5, 0.6) is 0 Å². The lowest BCUT2D eigenvalue weighted by Gasteiger charge is -2.16. The zero-order valence-electron chi connectivity index (χ0n) is 13.8. The Kier molecular flexibility index (Phi) is 6.12. The fourth-order valence-electron chi connectivity index (χ4n) is 2.17. The smallest absolute Gasteiger partial charge is 0.321 e. The molecular weight excluding hydrogens is 356 g/mol. The van der Waals surface area contributed by atoms with Gasteiger partial charge in [0, 0.05) is 19.6 Å². The number of benzene rings is 1. The quantitative estimate of drug-likeness (QED) is 0.768. The lowest BCUT2D eigenvalue weighted by atomic mass is 9.95. The molecule has 24 heavy (non-hydrogen) atoms. The average Bonchev–Trinajstić information content (AvgIpc) is 2.45. The first-order chi connectivity index (χ1) is 10.9. The van der Waals surface area contributed by atoms with Crippen LogP contribution in [0, 0.1) is 0 Å². The summed E-state index contributed by atoms with van der Waals surface area (Å²) < 4.78 is 47.4. The average molecular weight is 376 g/mol. The van der Waals surface area contributed by atoms with Crippen LogP contribution >= 0.6 is 0 Å². The van der Waals surface area contributed by atoms with Gasteiger partial charge in [0.15, 0.2) is 19.7 Å². The fraction of sp³-hybridized carbons (Fsp3) is 0.429. The van der Waals surface area contributed by atoms with Crippen LogP contribution < -0.4 is 10.6 Å². The van der Waals surface area contributed by atoms with Crippen LogP contribution in [0.2, 0.25) is 0 Å². The van der Waals surface area contributed by atoms with Gasteiger partial charge < -0.3 is 5.32 Å². The van der Waals surface area contributed by atoms with Gasteiger partial charge in [-0.05, 0) is 24.1 Å². The maximum absolute atomic E-state index is 12.1. The number of hydrogen-bond donors (Lipinski definition) is 2. The zero-order chi connectivity index (χ0) is 18.7. The van der Waals surface area contributed by atoms with E-state index >= 15 is 0 Å². The Hall–Kier alpha value is -1.94. The number of sulfone groups is 2. The Morgan fingerprint density at radius 1 is 1.04 bits per heavy atom. The maximum atomic E-state index is 12.1. The molecule has 3 amide bonds. The molecule has 0 saturated carbocycles. The van der Waals surface area contributed by atoms with Crippen molar-refractivity contribution in [3.05, 3.63) is 23.8 Å². The summed E-state index contributed by atoms with van der Waals surface area (Å²) in [7, 11) is -6.22. The summed E-state index contributed by atoms with van der Waals surface area (Å²) >= 11 is 0. The van der Waals surface area contributed by atoms with Gasteiger partial charge in [0.05, 0.1) is 15.7 Å². The van der Waals surface area contributed by atoms with Gasteiger partial charge in [-0.2, -0.15) is 0 Å². The molecule has 1 unspecified atom stereocenters. The molecule has 0 fully saturated rings. The van der Waals surface area contributed by atoms with Gasteiger partial charge in [0.25, 0.3) is 0 Å². The first kappa shape index (κ1) is 20.1. The third kappa shape index (κ3) is 4.78. The van der Waals surface area contributed by atoms with Crippen LogP contribution in [0.4, 0.5) is 4.79 Å². The van der Waals surface area contributed by atoms with Crippen molar-refractivity contribution in [2.45, 2.75) is 29.1 Å². The molecule has 0 aromatic heterocycles. The van der Waals surface area contributed by atoms with Gasteiger partial charge >= 0.3 is 6.03 Å². The molecule has 0 spiro atoms. The molecule has 0 aliphatic heterocycles. The predicted octanol–water partition coefficient (Wildman–Crippen LogP) is 0.443. The van der Waals surface area contributed by atoms with E-state index in [-0.39, 0.29) is 9.79 Å². The highest BCUT2D eigenvalue weighted by molar-refractivity contribution is 7.93. The normalized spacial score (nSPS) is 13.2. The zero-order valence-corrected chi connectivity index (χ0v) is 15.4. The van der Waals surface area contributed by atoms with E-state index in [9.17, 15) is 26.4 Å². The van der Waals surface area contributed by atoms with Gasteiger partial charge in [-0.3, -0.25) is 10.1 Å². The Morgan fingerprint density at radius 3 is 2.00 bits per heavy atom. The Bertz CT molecular complexity index is 859. The number of imide groups is 1. The lowest BCUT2D eigenvalue weighted by molar-refractivity contribution is -0.121. The summed E-state index contributed by atoms with van der Waals surface area (Å²) in [5.74, 6) is -1.40. The minimum absolute atomic E-state index is 0.296. The van der Waals surface area contributed by atoms with Gasteiger partial charge in [-0.15, -0.1) is 0 Å². The molecule has 0 heterocycles. The highest BCUT2D eigenvalue weighted by Gasteiger charge is 2.26. The molecule has 0 aliphatic carbocycles. The van der Waals surface area contributed by atoms with Crippen molar-refractivity contribution in [1.82, 2.24) is 10.6 Å². The molecule has 1 rings (SSSR count). The third-order valence-corrected chi connectivity index (χ3v) is 5.78. The summed E-state index contributed by atoms with van der Waals surface area (Å²) in [6.45, 7) is 1.69. The molecule has 0 radical (unpaired) electrons. The lowest BCUT2D eigenvalue weighted by Crippen LogP contribution is -2.40. The van der Waals surface area contributed by atoms with Crippen molar-refractivity contribution in [3.8, 4) is 0 Å². The number of carbonyl (C=O) groups is 2. The SMILES string of the molecule is CCC(C(=O)NC(=O)NC)c1ccc(S(C)(=O)=O)c(S(C)(=O)=O)c1. The molecule has 0 saturated heterocycles. The Labute approximate surface area is 141 Å². The number of nitrogens with one attached hydrogen (secondary N) is 2. The highest BCUT2D eigenvalue weighted by atomic mass is 32.2. The number of rotatable bonds is 5. The second-order valence-corrected chi connectivity index (χ2v) is 9.25. The molecule has 1 aromatic carbocycles. The number of amides is 3. The van der Waals surface area contributed by atoms with Crippen molar-refractivity contribution >= 4 is 31.6 Å². The number of carbonyl (C=O) groups excluding carboxylic acids is 2. The number of hydrogen-bond acceptors (Lipinski definition) is 6. The van der Waals surface area contributed by atoms with E-state index in [1.807, 2.05) is 0 Å². The fourth-order valence-corrected chi connectivity index (χ4v) is 4.60. The molecule has 0 aliphatic rings. The van der Waals surface area contributed by atoms with Crippen LogP contribution in [0.1, 0.15) is 24.8 Å². The summed E-state index contributed by atoms with van der Waals surface area (Å²) in [5, 5.41) is 4.37. The first-order valence-electron chi connectivity index (χ1n) is 6.98. The van der Waals surface area contributed by atoms with Crippen molar-refractivity contribution < 1.29 is 26.4 Å². The summed E-state index contributed by atoms with van der Waals surface area (Å²) in [5.41, 5.74) is 0.312. The molecule has 8 nitrogen and oxygen atoms in total. The molecule has 1 aromatic rings.